The lowest BCUT2D eigenvalue weighted by molar-refractivity contribution is -0.136. The molecule has 1 aromatic heterocycles. The molecule has 5 rings (SSSR count). The van der Waals surface area contributed by atoms with Gasteiger partial charge < -0.3 is 32.6 Å². The molecule has 0 amide bonds. The highest BCUT2D eigenvalue weighted by molar-refractivity contribution is 14.1. The van der Waals surface area contributed by atoms with Crippen LogP contribution in [-0.4, -0.2) is 59.8 Å². The lowest BCUT2D eigenvalue weighted by atomic mass is 9.93. The normalized spacial score (nSPS) is 14.3. The summed E-state index contributed by atoms with van der Waals surface area (Å²) in [6.07, 6.45) is 5.48. The molecule has 1 saturated heterocycles. The van der Waals surface area contributed by atoms with Crippen molar-refractivity contribution in [1.82, 2.24) is 15.2 Å². The smallest absolute Gasteiger partial charge is 0.304 e. The van der Waals surface area contributed by atoms with Crippen molar-refractivity contribution < 1.29 is 27.2 Å². The first kappa shape index (κ1) is 38.3. The number of carbonyl (C=O) groups is 1. The van der Waals surface area contributed by atoms with Crippen molar-refractivity contribution in [3.63, 3.8) is 0 Å². The zero-order chi connectivity index (χ0) is 36.2. The van der Waals surface area contributed by atoms with E-state index in [-0.39, 0.29) is 26.2 Å². The molecule has 1 fully saturated rings. The first-order valence-corrected chi connectivity index (χ1v) is 18.2. The second kappa shape index (κ2) is 19.1. The lowest BCUT2D eigenvalue weighted by Crippen LogP contribution is -2.24. The summed E-state index contributed by atoms with van der Waals surface area (Å²) in [4.78, 5) is 17.5. The van der Waals surface area contributed by atoms with Gasteiger partial charge in [-0.3, -0.25) is 9.78 Å². The predicted molar refractivity (Wildman–Crippen MR) is 204 cm³/mol. The summed E-state index contributed by atoms with van der Waals surface area (Å²) >= 11 is 8.72. The zero-order valence-corrected chi connectivity index (χ0v) is 31.7. The molecule has 1 aliphatic rings. The SMILES string of the molecule is Cc1c(COc2cc(OCc3cncc(C#N)c3)c(CNCCC(=O)O)cc2Cl)cccc1-c1cccc(OCCCN2CC[C@@H](OI)C2)c1C. The van der Waals surface area contributed by atoms with Gasteiger partial charge in [0.25, 0.3) is 0 Å². The Hall–Kier alpha value is -3.93. The number of pyridine rings is 1. The fourth-order valence-electron chi connectivity index (χ4n) is 6.06. The molecule has 0 aliphatic carbocycles. The number of benzene rings is 3. The molecule has 2 N–H and O–H groups in total. The summed E-state index contributed by atoms with van der Waals surface area (Å²) in [6, 6.07) is 19.7. The molecule has 0 bridgehead atoms. The van der Waals surface area contributed by atoms with Gasteiger partial charge in [0.2, 0.25) is 0 Å². The lowest BCUT2D eigenvalue weighted by Gasteiger charge is -2.19. The van der Waals surface area contributed by atoms with Gasteiger partial charge in [-0.2, -0.15) is 5.26 Å². The van der Waals surface area contributed by atoms with Crippen LogP contribution in [0.1, 0.15) is 52.6 Å². The number of carboxylic acid groups (broad SMARTS) is 1. The third-order valence-corrected chi connectivity index (χ3v) is 9.91. The second-order valence-electron chi connectivity index (χ2n) is 12.5. The van der Waals surface area contributed by atoms with Crippen LogP contribution in [0.3, 0.4) is 0 Å². The topological polar surface area (TPSA) is 126 Å². The van der Waals surface area contributed by atoms with E-state index in [4.69, 9.17) is 34.0 Å². The average molecular weight is 825 g/mol. The number of halogens is 2. The van der Waals surface area contributed by atoms with Crippen LogP contribution in [0.15, 0.2) is 67.0 Å². The van der Waals surface area contributed by atoms with Crippen molar-refractivity contribution in [3.05, 3.63) is 105 Å². The monoisotopic (exact) mass is 824 g/mol. The highest BCUT2D eigenvalue weighted by Crippen LogP contribution is 2.36. The Morgan fingerprint density at radius 1 is 1.02 bits per heavy atom. The van der Waals surface area contributed by atoms with E-state index in [9.17, 15) is 10.1 Å². The third kappa shape index (κ3) is 10.8. The summed E-state index contributed by atoms with van der Waals surface area (Å²) in [5, 5.41) is 21.8. The Morgan fingerprint density at radius 2 is 1.80 bits per heavy atom. The minimum Gasteiger partial charge on any atom is -0.493 e. The standard InChI is InChI=1S/C39H42ClIN4O6/c1-26-30(6-3-7-33(26)34-8-4-9-36(27(34)2)48-15-5-13-45-14-11-32(23-45)51-41)25-50-38-18-37(49-24-29-16-28(19-42)20-44-21-29)31(17-35(38)40)22-43-12-10-39(46)47/h3-4,6-9,16-18,20-21,32,43H,5,10-15,22-25H2,1-2H3,(H,46,47)/t32-/m1/s1. The summed E-state index contributed by atoms with van der Waals surface area (Å²) in [5.41, 5.74) is 7.32. The van der Waals surface area contributed by atoms with Crippen molar-refractivity contribution >= 4 is 40.6 Å². The third-order valence-electron chi connectivity index (χ3n) is 8.90. The Balaban J connectivity index is 1.27. The van der Waals surface area contributed by atoms with Crippen LogP contribution in [0, 0.1) is 25.2 Å². The van der Waals surface area contributed by atoms with Crippen LogP contribution in [0.4, 0.5) is 0 Å². The number of likely N-dealkylation sites (tertiary alicyclic amines) is 1. The molecule has 0 saturated carbocycles. The van der Waals surface area contributed by atoms with Gasteiger partial charge >= 0.3 is 5.97 Å². The molecule has 0 unspecified atom stereocenters. The van der Waals surface area contributed by atoms with Crippen molar-refractivity contribution in [1.29, 1.82) is 5.26 Å². The minimum atomic E-state index is -0.883. The molecule has 0 spiro atoms. The maximum absolute atomic E-state index is 11.0. The second-order valence-corrected chi connectivity index (χ2v) is 13.4. The van der Waals surface area contributed by atoms with Gasteiger partial charge in [0.1, 0.15) is 59.5 Å². The van der Waals surface area contributed by atoms with Gasteiger partial charge in [0, 0.05) is 62.3 Å². The van der Waals surface area contributed by atoms with Gasteiger partial charge in [-0.05, 0) is 72.7 Å². The molecule has 12 heteroatoms. The molecular formula is C39H42ClIN4O6. The zero-order valence-electron chi connectivity index (χ0n) is 28.8. The number of hydrogen-bond acceptors (Lipinski definition) is 9. The Morgan fingerprint density at radius 3 is 2.57 bits per heavy atom. The number of aliphatic carboxylic acids is 1. The van der Waals surface area contributed by atoms with E-state index in [0.29, 0.717) is 41.3 Å². The predicted octanol–water partition coefficient (Wildman–Crippen LogP) is 7.82. The molecule has 1 atom stereocenters. The molecule has 51 heavy (non-hydrogen) atoms. The molecule has 4 aromatic rings. The van der Waals surface area contributed by atoms with Crippen molar-refractivity contribution in [2.24, 2.45) is 0 Å². The summed E-state index contributed by atoms with van der Waals surface area (Å²) in [6.45, 7) is 8.96. The molecule has 0 radical (unpaired) electrons. The van der Waals surface area contributed by atoms with Crippen LogP contribution in [0.5, 0.6) is 17.2 Å². The number of nitrogens with one attached hydrogen (secondary N) is 1. The van der Waals surface area contributed by atoms with Gasteiger partial charge in [-0.15, -0.1) is 0 Å². The highest BCUT2D eigenvalue weighted by Gasteiger charge is 2.22. The molecule has 3 aromatic carbocycles. The fourth-order valence-corrected chi connectivity index (χ4v) is 6.72. The maximum Gasteiger partial charge on any atom is 0.304 e. The van der Waals surface area contributed by atoms with Crippen LogP contribution < -0.4 is 19.5 Å². The van der Waals surface area contributed by atoms with Crippen LogP contribution in [-0.2, 0) is 27.6 Å². The van der Waals surface area contributed by atoms with E-state index in [1.54, 1.807) is 24.4 Å². The van der Waals surface area contributed by atoms with Crippen molar-refractivity contribution in [3.8, 4) is 34.4 Å². The fraction of sp³-hybridized carbons (Fsp3) is 0.359. The molecule has 1 aliphatic heterocycles. The number of ether oxygens (including phenoxy) is 3. The van der Waals surface area contributed by atoms with Gasteiger partial charge in [0.15, 0.2) is 0 Å². The Kier molecular flexibility index (Phi) is 14.3. The number of nitriles is 1. The molecule has 2 heterocycles. The van der Waals surface area contributed by atoms with E-state index < -0.39 is 5.97 Å². The van der Waals surface area contributed by atoms with E-state index in [1.165, 1.54) is 6.20 Å². The van der Waals surface area contributed by atoms with Crippen LogP contribution in [0.2, 0.25) is 5.02 Å². The summed E-state index contributed by atoms with van der Waals surface area (Å²) < 4.78 is 24.2. The quantitative estimate of drug-likeness (QED) is 0.0758. The first-order valence-electron chi connectivity index (χ1n) is 16.9. The van der Waals surface area contributed by atoms with Gasteiger partial charge in [-0.25, -0.2) is 0 Å². The molecule has 268 valence electrons. The molecular weight excluding hydrogens is 783 g/mol. The number of hydrogen-bond donors (Lipinski definition) is 2. The molecule has 10 nitrogen and oxygen atoms in total. The maximum atomic E-state index is 11.0. The van der Waals surface area contributed by atoms with Gasteiger partial charge in [-0.1, -0.05) is 41.9 Å². The summed E-state index contributed by atoms with van der Waals surface area (Å²) in [5.74, 6) is 0.977. The average Bonchev–Trinajstić information content (AvgIpc) is 3.60. The Bertz CT molecular complexity index is 1850. The minimum absolute atomic E-state index is 0.0122. The van der Waals surface area contributed by atoms with E-state index in [2.05, 4.69) is 47.3 Å². The number of carboxylic acids is 1. The van der Waals surface area contributed by atoms with E-state index >= 15 is 0 Å². The van der Waals surface area contributed by atoms with E-state index in [0.717, 1.165) is 77.2 Å². The van der Waals surface area contributed by atoms with Gasteiger partial charge in [0.05, 0.1) is 29.7 Å². The van der Waals surface area contributed by atoms with Crippen LogP contribution in [0.25, 0.3) is 11.1 Å². The van der Waals surface area contributed by atoms with Crippen molar-refractivity contribution in [2.45, 2.75) is 59.0 Å². The number of nitrogens with zero attached hydrogens (tertiary/aromatic N) is 3. The highest BCUT2D eigenvalue weighted by atomic mass is 127. The summed E-state index contributed by atoms with van der Waals surface area (Å²) in [7, 11) is 0. The largest absolute Gasteiger partial charge is 0.493 e. The number of aromatic nitrogens is 1. The van der Waals surface area contributed by atoms with Crippen molar-refractivity contribution in [2.75, 3.05) is 32.8 Å². The van der Waals surface area contributed by atoms with E-state index in [1.807, 2.05) is 47.3 Å². The first-order chi connectivity index (χ1) is 24.7. The Labute approximate surface area is 318 Å². The van der Waals surface area contributed by atoms with Crippen LogP contribution >= 0.6 is 34.6 Å². The number of rotatable bonds is 18.